The highest BCUT2D eigenvalue weighted by Crippen LogP contribution is 2.21. The predicted molar refractivity (Wildman–Crippen MR) is 73.9 cm³/mol. The lowest BCUT2D eigenvalue weighted by atomic mass is 10.0. The Kier molecular flexibility index (Phi) is 5.16. The van der Waals surface area contributed by atoms with Crippen molar-refractivity contribution >= 4 is 5.69 Å². The van der Waals surface area contributed by atoms with E-state index >= 15 is 0 Å². The molecule has 4 heteroatoms. The molecule has 106 valence electrons. The van der Waals surface area contributed by atoms with Crippen molar-refractivity contribution in [2.75, 3.05) is 18.5 Å². The van der Waals surface area contributed by atoms with Crippen LogP contribution in [0.15, 0.2) is 24.3 Å². The average Bonchev–Trinajstić information content (AvgIpc) is 2.34. The minimum atomic E-state index is -0.224. The summed E-state index contributed by atoms with van der Waals surface area (Å²) < 4.78 is 24.5. The van der Waals surface area contributed by atoms with E-state index in [9.17, 15) is 4.39 Å². The standard InChI is InChI=1S/C15H22FNO2/c1-11-8-15(9-12(2)19-11)18-7-6-17-14-5-3-4-13(16)10-14/h3-5,10-12,15,17H,6-9H2,1-2H3. The van der Waals surface area contributed by atoms with Gasteiger partial charge in [-0.3, -0.25) is 0 Å². The summed E-state index contributed by atoms with van der Waals surface area (Å²) in [7, 11) is 0. The Morgan fingerprint density at radius 1 is 1.32 bits per heavy atom. The summed E-state index contributed by atoms with van der Waals surface area (Å²) in [4.78, 5) is 0. The SMILES string of the molecule is CC1CC(OCCNc2cccc(F)c2)CC(C)O1. The van der Waals surface area contributed by atoms with Crippen LogP contribution in [0.2, 0.25) is 0 Å². The molecule has 0 amide bonds. The number of hydrogen-bond acceptors (Lipinski definition) is 3. The number of rotatable bonds is 5. The van der Waals surface area contributed by atoms with E-state index in [-0.39, 0.29) is 24.1 Å². The monoisotopic (exact) mass is 267 g/mol. The maximum atomic E-state index is 13.0. The lowest BCUT2D eigenvalue weighted by molar-refractivity contribution is -0.0998. The molecule has 2 atom stereocenters. The number of anilines is 1. The van der Waals surface area contributed by atoms with E-state index in [2.05, 4.69) is 19.2 Å². The Balaban J connectivity index is 1.66. The number of hydrogen-bond donors (Lipinski definition) is 1. The highest BCUT2D eigenvalue weighted by atomic mass is 19.1. The molecule has 2 rings (SSSR count). The highest BCUT2D eigenvalue weighted by Gasteiger charge is 2.24. The van der Waals surface area contributed by atoms with Crippen LogP contribution in [0.3, 0.4) is 0 Å². The summed E-state index contributed by atoms with van der Waals surface area (Å²) >= 11 is 0. The van der Waals surface area contributed by atoms with Crippen LogP contribution >= 0.6 is 0 Å². The fourth-order valence-corrected chi connectivity index (χ4v) is 2.50. The van der Waals surface area contributed by atoms with E-state index < -0.39 is 0 Å². The van der Waals surface area contributed by atoms with Gasteiger partial charge in [-0.05, 0) is 44.9 Å². The van der Waals surface area contributed by atoms with Crippen LogP contribution in [-0.4, -0.2) is 31.5 Å². The van der Waals surface area contributed by atoms with Gasteiger partial charge in [0.25, 0.3) is 0 Å². The number of ether oxygens (including phenoxy) is 2. The fraction of sp³-hybridized carbons (Fsp3) is 0.600. The molecule has 0 radical (unpaired) electrons. The maximum Gasteiger partial charge on any atom is 0.125 e. The maximum absolute atomic E-state index is 13.0. The first-order valence-corrected chi connectivity index (χ1v) is 6.90. The van der Waals surface area contributed by atoms with E-state index in [4.69, 9.17) is 9.47 Å². The van der Waals surface area contributed by atoms with Crippen molar-refractivity contribution in [1.29, 1.82) is 0 Å². The quantitative estimate of drug-likeness (QED) is 0.831. The normalized spacial score (nSPS) is 27.2. The largest absolute Gasteiger partial charge is 0.383 e. The summed E-state index contributed by atoms with van der Waals surface area (Å²) in [6.07, 6.45) is 2.71. The average molecular weight is 267 g/mol. The third-order valence-corrected chi connectivity index (χ3v) is 3.26. The molecule has 0 aromatic heterocycles. The molecule has 1 aromatic carbocycles. The molecule has 1 saturated heterocycles. The Bertz CT molecular complexity index is 389. The zero-order chi connectivity index (χ0) is 13.7. The van der Waals surface area contributed by atoms with Crippen molar-refractivity contribution in [3.05, 3.63) is 30.1 Å². The van der Waals surface area contributed by atoms with Gasteiger partial charge in [-0.1, -0.05) is 6.07 Å². The van der Waals surface area contributed by atoms with Gasteiger partial charge in [0.2, 0.25) is 0 Å². The Labute approximate surface area is 114 Å². The van der Waals surface area contributed by atoms with E-state index in [0.717, 1.165) is 18.5 Å². The van der Waals surface area contributed by atoms with Gasteiger partial charge >= 0.3 is 0 Å². The minimum Gasteiger partial charge on any atom is -0.383 e. The third kappa shape index (κ3) is 4.80. The highest BCUT2D eigenvalue weighted by molar-refractivity contribution is 5.42. The molecule has 1 N–H and O–H groups in total. The molecular weight excluding hydrogens is 245 g/mol. The molecule has 1 heterocycles. The van der Waals surface area contributed by atoms with Gasteiger partial charge in [0.15, 0.2) is 0 Å². The topological polar surface area (TPSA) is 30.5 Å². The lowest BCUT2D eigenvalue weighted by Gasteiger charge is -2.32. The van der Waals surface area contributed by atoms with Crippen LogP contribution in [0.25, 0.3) is 0 Å². The van der Waals surface area contributed by atoms with Crippen LogP contribution in [0, 0.1) is 5.82 Å². The summed E-state index contributed by atoms with van der Waals surface area (Å²) in [6.45, 7) is 5.47. The van der Waals surface area contributed by atoms with Gasteiger partial charge in [0.05, 0.1) is 24.9 Å². The molecule has 0 bridgehead atoms. The van der Waals surface area contributed by atoms with Crippen molar-refractivity contribution in [2.24, 2.45) is 0 Å². The van der Waals surface area contributed by atoms with E-state index in [1.807, 2.05) is 6.07 Å². The van der Waals surface area contributed by atoms with Crippen LogP contribution in [0.5, 0.6) is 0 Å². The Morgan fingerprint density at radius 3 is 2.74 bits per heavy atom. The number of benzene rings is 1. The zero-order valence-electron chi connectivity index (χ0n) is 11.6. The van der Waals surface area contributed by atoms with E-state index in [1.165, 1.54) is 12.1 Å². The third-order valence-electron chi connectivity index (χ3n) is 3.26. The molecule has 0 spiro atoms. The molecule has 19 heavy (non-hydrogen) atoms. The molecular formula is C15H22FNO2. The van der Waals surface area contributed by atoms with Crippen molar-refractivity contribution in [3.63, 3.8) is 0 Å². The Hall–Kier alpha value is -1.13. The zero-order valence-corrected chi connectivity index (χ0v) is 11.6. The summed E-state index contributed by atoms with van der Waals surface area (Å²) in [5, 5.41) is 3.15. The van der Waals surface area contributed by atoms with Crippen molar-refractivity contribution in [2.45, 2.75) is 45.0 Å². The lowest BCUT2D eigenvalue weighted by Crippen LogP contribution is -2.34. The second-order valence-corrected chi connectivity index (χ2v) is 5.16. The molecule has 3 nitrogen and oxygen atoms in total. The first kappa shape index (κ1) is 14.3. The molecule has 1 aliphatic rings. The second kappa shape index (κ2) is 6.87. The second-order valence-electron chi connectivity index (χ2n) is 5.16. The molecule has 1 fully saturated rings. The summed E-state index contributed by atoms with van der Waals surface area (Å²) in [6, 6.07) is 6.47. The van der Waals surface area contributed by atoms with Gasteiger partial charge < -0.3 is 14.8 Å². The van der Waals surface area contributed by atoms with Gasteiger partial charge in [-0.25, -0.2) is 4.39 Å². The first-order valence-electron chi connectivity index (χ1n) is 6.90. The molecule has 1 aromatic rings. The van der Waals surface area contributed by atoms with Crippen molar-refractivity contribution in [3.8, 4) is 0 Å². The van der Waals surface area contributed by atoms with Crippen LogP contribution in [0.1, 0.15) is 26.7 Å². The van der Waals surface area contributed by atoms with Crippen LogP contribution < -0.4 is 5.32 Å². The smallest absolute Gasteiger partial charge is 0.125 e. The van der Waals surface area contributed by atoms with Gasteiger partial charge in [-0.2, -0.15) is 0 Å². The van der Waals surface area contributed by atoms with Gasteiger partial charge in [0.1, 0.15) is 5.82 Å². The van der Waals surface area contributed by atoms with Crippen molar-refractivity contribution < 1.29 is 13.9 Å². The van der Waals surface area contributed by atoms with E-state index in [0.29, 0.717) is 13.2 Å². The van der Waals surface area contributed by atoms with Crippen LogP contribution in [0.4, 0.5) is 10.1 Å². The number of halogens is 1. The predicted octanol–water partition coefficient (Wildman–Crippen LogP) is 3.21. The number of nitrogens with one attached hydrogen (secondary N) is 1. The minimum absolute atomic E-state index is 0.224. The fourth-order valence-electron chi connectivity index (χ4n) is 2.50. The first-order chi connectivity index (χ1) is 9.13. The van der Waals surface area contributed by atoms with E-state index in [1.54, 1.807) is 6.07 Å². The van der Waals surface area contributed by atoms with Gasteiger partial charge in [-0.15, -0.1) is 0 Å². The molecule has 1 aliphatic heterocycles. The molecule has 2 unspecified atom stereocenters. The molecule has 0 aliphatic carbocycles. The molecule has 0 saturated carbocycles. The van der Waals surface area contributed by atoms with Crippen molar-refractivity contribution in [1.82, 2.24) is 0 Å². The van der Waals surface area contributed by atoms with Crippen LogP contribution in [-0.2, 0) is 9.47 Å². The summed E-state index contributed by atoms with van der Waals surface area (Å²) in [5.74, 6) is -0.224. The summed E-state index contributed by atoms with van der Waals surface area (Å²) in [5.41, 5.74) is 0.789. The van der Waals surface area contributed by atoms with Gasteiger partial charge in [0, 0.05) is 12.2 Å². The Morgan fingerprint density at radius 2 is 2.05 bits per heavy atom.